The second-order valence-corrected chi connectivity index (χ2v) is 5.82. The van der Waals surface area contributed by atoms with Crippen LogP contribution in [0.1, 0.15) is 21.5 Å². The topological polar surface area (TPSA) is 41.1 Å². The Morgan fingerprint density at radius 2 is 2.10 bits per heavy atom. The number of fused-ring (bicyclic) bond motifs is 1. The highest BCUT2D eigenvalue weighted by molar-refractivity contribution is 9.10. The molecule has 0 saturated heterocycles. The molecule has 5 heteroatoms. The van der Waals surface area contributed by atoms with E-state index in [4.69, 9.17) is 0 Å². The van der Waals surface area contributed by atoms with E-state index in [1.54, 1.807) is 12.1 Å². The molecule has 3 nitrogen and oxygen atoms in total. The Morgan fingerprint density at radius 1 is 1.24 bits per heavy atom. The van der Waals surface area contributed by atoms with E-state index in [9.17, 15) is 9.18 Å². The molecule has 3 rings (SSSR count). The Bertz CT molecular complexity index is 682. The first-order chi connectivity index (χ1) is 10.1. The summed E-state index contributed by atoms with van der Waals surface area (Å²) in [5.41, 5.74) is 3.16. The van der Waals surface area contributed by atoms with Crippen molar-refractivity contribution in [3.8, 4) is 0 Å². The lowest BCUT2D eigenvalue weighted by Crippen LogP contribution is -2.24. The Morgan fingerprint density at radius 3 is 2.90 bits per heavy atom. The molecule has 0 spiro atoms. The molecule has 1 aliphatic rings. The minimum atomic E-state index is -0.540. The number of halogens is 2. The summed E-state index contributed by atoms with van der Waals surface area (Å²) in [7, 11) is 0. The van der Waals surface area contributed by atoms with Gasteiger partial charge in [0.2, 0.25) is 0 Å². The van der Waals surface area contributed by atoms with E-state index in [1.807, 2.05) is 18.2 Å². The molecule has 0 atom stereocenters. The lowest BCUT2D eigenvalue weighted by Gasteiger charge is -2.18. The number of hydrogen-bond donors (Lipinski definition) is 2. The van der Waals surface area contributed by atoms with Crippen molar-refractivity contribution in [1.29, 1.82) is 0 Å². The smallest absolute Gasteiger partial charge is 0.259 e. The fourth-order valence-electron chi connectivity index (χ4n) is 2.47. The van der Waals surface area contributed by atoms with Crippen LogP contribution in [0.4, 0.5) is 10.1 Å². The number of carbonyl (C=O) groups excluding carboxylic acids is 1. The van der Waals surface area contributed by atoms with Crippen LogP contribution in [0.25, 0.3) is 0 Å². The molecule has 2 aromatic carbocycles. The zero-order chi connectivity index (χ0) is 14.8. The maximum atomic E-state index is 13.8. The van der Waals surface area contributed by atoms with Crippen LogP contribution in [0.15, 0.2) is 40.9 Å². The zero-order valence-electron chi connectivity index (χ0n) is 11.2. The van der Waals surface area contributed by atoms with Crippen molar-refractivity contribution in [3.63, 3.8) is 0 Å². The third-order valence-electron chi connectivity index (χ3n) is 3.54. The van der Waals surface area contributed by atoms with Crippen LogP contribution in [-0.4, -0.2) is 12.5 Å². The van der Waals surface area contributed by atoms with Crippen molar-refractivity contribution in [3.05, 3.63) is 63.4 Å². The monoisotopic (exact) mass is 348 g/mol. The number of carbonyl (C=O) groups is 1. The minimum absolute atomic E-state index is 0.0216. The highest BCUT2D eigenvalue weighted by Crippen LogP contribution is 2.23. The van der Waals surface area contributed by atoms with Gasteiger partial charge < -0.3 is 10.6 Å². The van der Waals surface area contributed by atoms with Crippen molar-refractivity contribution in [2.75, 3.05) is 11.9 Å². The highest BCUT2D eigenvalue weighted by atomic mass is 79.9. The molecule has 0 aliphatic carbocycles. The van der Waals surface area contributed by atoms with Crippen LogP contribution < -0.4 is 10.6 Å². The number of benzene rings is 2. The summed E-state index contributed by atoms with van der Waals surface area (Å²) < 4.78 is 14.2. The lowest BCUT2D eigenvalue weighted by atomic mass is 10.0. The molecule has 0 fully saturated rings. The summed E-state index contributed by atoms with van der Waals surface area (Å²) in [5, 5.41) is 6.04. The normalized spacial score (nSPS) is 13.6. The second-order valence-electron chi connectivity index (χ2n) is 4.96. The summed E-state index contributed by atoms with van der Waals surface area (Å²) in [6.45, 7) is 1.77. The van der Waals surface area contributed by atoms with Gasteiger partial charge in [-0.2, -0.15) is 0 Å². The molecule has 0 bridgehead atoms. The SMILES string of the molecule is O=C(Nc1ccc2c(c1)CNCC2)c1c(F)cccc1Br. The minimum Gasteiger partial charge on any atom is -0.322 e. The van der Waals surface area contributed by atoms with Crippen molar-refractivity contribution in [2.45, 2.75) is 13.0 Å². The summed E-state index contributed by atoms with van der Waals surface area (Å²) in [5.74, 6) is -0.995. The van der Waals surface area contributed by atoms with E-state index in [2.05, 4.69) is 26.6 Å². The van der Waals surface area contributed by atoms with E-state index in [0.29, 0.717) is 10.2 Å². The van der Waals surface area contributed by atoms with Gasteiger partial charge in [0.1, 0.15) is 5.82 Å². The Balaban J connectivity index is 1.85. The summed E-state index contributed by atoms with van der Waals surface area (Å²) >= 11 is 3.21. The Labute approximate surface area is 130 Å². The number of amides is 1. The molecule has 0 saturated carbocycles. The van der Waals surface area contributed by atoms with E-state index in [1.165, 1.54) is 17.2 Å². The largest absolute Gasteiger partial charge is 0.322 e. The van der Waals surface area contributed by atoms with Crippen LogP contribution in [-0.2, 0) is 13.0 Å². The summed E-state index contributed by atoms with van der Waals surface area (Å²) in [6.07, 6.45) is 0.989. The fraction of sp³-hybridized carbons (Fsp3) is 0.188. The first-order valence-corrected chi connectivity index (χ1v) is 7.52. The summed E-state index contributed by atoms with van der Waals surface area (Å²) in [4.78, 5) is 12.2. The quantitative estimate of drug-likeness (QED) is 0.872. The molecule has 0 radical (unpaired) electrons. The molecular weight excluding hydrogens is 335 g/mol. The number of nitrogens with one attached hydrogen (secondary N) is 2. The van der Waals surface area contributed by atoms with Gasteiger partial charge in [0, 0.05) is 16.7 Å². The van der Waals surface area contributed by atoms with Gasteiger partial charge in [-0.15, -0.1) is 0 Å². The number of hydrogen-bond acceptors (Lipinski definition) is 2. The van der Waals surface area contributed by atoms with Crippen molar-refractivity contribution >= 4 is 27.5 Å². The van der Waals surface area contributed by atoms with Gasteiger partial charge in [-0.25, -0.2) is 4.39 Å². The summed E-state index contributed by atoms with van der Waals surface area (Å²) in [6, 6.07) is 10.3. The van der Waals surface area contributed by atoms with Gasteiger partial charge in [-0.1, -0.05) is 12.1 Å². The standard InChI is InChI=1S/C16H14BrFN2O/c17-13-2-1-3-14(18)15(13)16(21)20-12-5-4-10-6-7-19-9-11(10)8-12/h1-5,8,19H,6-7,9H2,(H,20,21). The average molecular weight is 349 g/mol. The van der Waals surface area contributed by atoms with Crippen molar-refractivity contribution in [1.82, 2.24) is 5.32 Å². The predicted octanol–water partition coefficient (Wildman–Crippen LogP) is 3.49. The van der Waals surface area contributed by atoms with Gasteiger partial charge >= 0.3 is 0 Å². The first-order valence-electron chi connectivity index (χ1n) is 6.73. The molecule has 0 unspecified atom stereocenters. The zero-order valence-corrected chi connectivity index (χ0v) is 12.8. The van der Waals surface area contributed by atoms with E-state index >= 15 is 0 Å². The van der Waals surface area contributed by atoms with Crippen molar-refractivity contribution < 1.29 is 9.18 Å². The molecule has 21 heavy (non-hydrogen) atoms. The maximum absolute atomic E-state index is 13.8. The van der Waals surface area contributed by atoms with Crippen LogP contribution in [0.3, 0.4) is 0 Å². The molecule has 2 aromatic rings. The van der Waals surface area contributed by atoms with Crippen molar-refractivity contribution in [2.24, 2.45) is 0 Å². The average Bonchev–Trinajstić information content (AvgIpc) is 2.47. The molecule has 108 valence electrons. The maximum Gasteiger partial charge on any atom is 0.259 e. The molecule has 2 N–H and O–H groups in total. The van der Waals surface area contributed by atoms with Crippen LogP contribution >= 0.6 is 15.9 Å². The number of anilines is 1. The molecule has 1 amide bonds. The van der Waals surface area contributed by atoms with Crippen LogP contribution in [0.2, 0.25) is 0 Å². The lowest BCUT2D eigenvalue weighted by molar-refractivity contribution is 0.102. The van der Waals surface area contributed by atoms with Crippen LogP contribution in [0, 0.1) is 5.82 Å². The van der Waals surface area contributed by atoms with Gasteiger partial charge in [-0.05, 0) is 64.3 Å². The molecule has 1 heterocycles. The van der Waals surface area contributed by atoms with Gasteiger partial charge in [0.05, 0.1) is 5.56 Å². The molecule has 1 aliphatic heterocycles. The van der Waals surface area contributed by atoms with Gasteiger partial charge in [0.25, 0.3) is 5.91 Å². The van der Waals surface area contributed by atoms with E-state index in [-0.39, 0.29) is 5.56 Å². The molecular formula is C16H14BrFN2O. The molecule has 0 aromatic heterocycles. The van der Waals surface area contributed by atoms with Gasteiger partial charge in [-0.3, -0.25) is 4.79 Å². The second kappa shape index (κ2) is 5.95. The van der Waals surface area contributed by atoms with Crippen LogP contribution in [0.5, 0.6) is 0 Å². The number of rotatable bonds is 2. The van der Waals surface area contributed by atoms with E-state index in [0.717, 1.165) is 19.5 Å². The Kier molecular flexibility index (Phi) is 4.03. The predicted molar refractivity (Wildman–Crippen MR) is 83.9 cm³/mol. The third kappa shape index (κ3) is 2.99. The Hall–Kier alpha value is -1.72. The fourth-order valence-corrected chi connectivity index (χ4v) is 2.99. The third-order valence-corrected chi connectivity index (χ3v) is 4.20. The first kappa shape index (κ1) is 14.2. The highest BCUT2D eigenvalue weighted by Gasteiger charge is 2.16. The van der Waals surface area contributed by atoms with E-state index < -0.39 is 11.7 Å². The van der Waals surface area contributed by atoms with Gasteiger partial charge in [0.15, 0.2) is 0 Å².